The van der Waals surface area contributed by atoms with Crippen LogP contribution < -0.4 is 10.5 Å². The highest BCUT2D eigenvalue weighted by molar-refractivity contribution is 7.87. The molecule has 0 aliphatic rings. The summed E-state index contributed by atoms with van der Waals surface area (Å²) in [6.45, 7) is -0.541. The number of carboxylic acid groups (broad SMARTS) is 2. The Balaban J connectivity index is 2.38. The number of aromatic carboxylic acids is 1. The van der Waals surface area contributed by atoms with Gasteiger partial charge in [0.05, 0.1) is 0 Å². The van der Waals surface area contributed by atoms with Crippen LogP contribution in [0.25, 0.3) is 11.1 Å². The van der Waals surface area contributed by atoms with Gasteiger partial charge in [0.1, 0.15) is 6.54 Å². The number of carboxylic acids is 2. The minimum atomic E-state index is -4.29. The monoisotopic (exact) mass is 367 g/mol. The van der Waals surface area contributed by atoms with Crippen molar-refractivity contribution >= 4 is 28.1 Å². The Labute approximate surface area is 141 Å². The lowest BCUT2D eigenvalue weighted by Crippen LogP contribution is -2.29. The maximum absolute atomic E-state index is 11.7. The SMILES string of the molecule is NS(=O)(=O)n1ccc(-c2ccc(C(=O)NCC(=O)O)cc2)c1C(=O)O. The van der Waals surface area contributed by atoms with Gasteiger partial charge >= 0.3 is 22.1 Å². The van der Waals surface area contributed by atoms with Gasteiger partial charge in [0.15, 0.2) is 5.69 Å². The van der Waals surface area contributed by atoms with Crippen LogP contribution in [0, 0.1) is 0 Å². The second kappa shape index (κ2) is 6.75. The minimum absolute atomic E-state index is 0.0963. The van der Waals surface area contributed by atoms with Gasteiger partial charge in [-0.2, -0.15) is 8.42 Å². The van der Waals surface area contributed by atoms with Crippen LogP contribution in [0.3, 0.4) is 0 Å². The summed E-state index contributed by atoms with van der Waals surface area (Å²) in [4.78, 5) is 33.6. The lowest BCUT2D eigenvalue weighted by molar-refractivity contribution is -0.135. The number of nitrogens with one attached hydrogen (secondary N) is 1. The lowest BCUT2D eigenvalue weighted by atomic mass is 10.0. The van der Waals surface area contributed by atoms with Crippen LogP contribution in [-0.2, 0) is 15.0 Å². The van der Waals surface area contributed by atoms with E-state index in [0.29, 0.717) is 9.54 Å². The molecule has 2 rings (SSSR count). The van der Waals surface area contributed by atoms with Crippen LogP contribution in [0.15, 0.2) is 36.5 Å². The van der Waals surface area contributed by atoms with Crippen molar-refractivity contribution in [2.75, 3.05) is 6.54 Å². The van der Waals surface area contributed by atoms with Gasteiger partial charge in [0.2, 0.25) is 0 Å². The lowest BCUT2D eigenvalue weighted by Gasteiger charge is -2.07. The fraction of sp³-hybridized carbons (Fsp3) is 0.0714. The first-order valence-corrected chi connectivity index (χ1v) is 8.20. The topological polar surface area (TPSA) is 169 Å². The number of hydrogen-bond donors (Lipinski definition) is 4. The Morgan fingerprint density at radius 1 is 1.08 bits per heavy atom. The normalized spacial score (nSPS) is 11.1. The number of nitrogens with two attached hydrogens (primary N) is 1. The minimum Gasteiger partial charge on any atom is -0.480 e. The molecule has 0 saturated carbocycles. The molecule has 0 unspecified atom stereocenters. The average molecular weight is 367 g/mol. The summed E-state index contributed by atoms with van der Waals surface area (Å²) in [5.41, 5.74) is 0.0620. The van der Waals surface area contributed by atoms with E-state index in [1.165, 1.54) is 30.3 Å². The highest BCUT2D eigenvalue weighted by Crippen LogP contribution is 2.26. The van der Waals surface area contributed by atoms with Crippen LogP contribution >= 0.6 is 0 Å². The fourth-order valence-electron chi connectivity index (χ4n) is 2.13. The second-order valence-electron chi connectivity index (χ2n) is 4.88. The number of nitrogens with zero attached hydrogens (tertiary/aromatic N) is 1. The number of carbonyl (C=O) groups is 3. The van der Waals surface area contributed by atoms with E-state index in [2.05, 4.69) is 5.32 Å². The van der Waals surface area contributed by atoms with Gasteiger partial charge in [-0.05, 0) is 23.8 Å². The van der Waals surface area contributed by atoms with Gasteiger partial charge in [-0.15, -0.1) is 0 Å². The van der Waals surface area contributed by atoms with E-state index in [0.717, 1.165) is 6.20 Å². The fourth-order valence-corrected chi connectivity index (χ4v) is 2.79. The van der Waals surface area contributed by atoms with E-state index in [1.807, 2.05) is 0 Å². The predicted octanol–water partition coefficient (Wildman–Crippen LogP) is -0.281. The first-order chi connectivity index (χ1) is 11.6. The first kappa shape index (κ1) is 18.2. The third-order valence-electron chi connectivity index (χ3n) is 3.19. The average Bonchev–Trinajstić information content (AvgIpc) is 2.98. The van der Waals surface area contributed by atoms with Gasteiger partial charge in [0, 0.05) is 17.3 Å². The largest absolute Gasteiger partial charge is 0.480 e. The standard InChI is InChI=1S/C14H13N3O7S/c15-25(23,24)17-6-5-10(12(17)14(21)22)8-1-3-9(4-2-8)13(20)16-7-11(18)19/h1-6H,7H2,(H,16,20)(H,18,19)(H,21,22)(H2,15,23,24). The molecule has 0 spiro atoms. The maximum atomic E-state index is 11.7. The number of benzene rings is 1. The molecule has 0 aliphatic carbocycles. The summed E-state index contributed by atoms with van der Waals surface area (Å²) in [7, 11) is -4.29. The van der Waals surface area contributed by atoms with Gasteiger partial charge in [-0.3, -0.25) is 9.59 Å². The zero-order chi connectivity index (χ0) is 18.8. The van der Waals surface area contributed by atoms with Crippen molar-refractivity contribution in [3.63, 3.8) is 0 Å². The number of amides is 1. The molecule has 10 nitrogen and oxygen atoms in total. The van der Waals surface area contributed by atoms with Crippen LogP contribution in [0.2, 0.25) is 0 Å². The van der Waals surface area contributed by atoms with Crippen molar-refractivity contribution in [2.45, 2.75) is 0 Å². The van der Waals surface area contributed by atoms with Crippen molar-refractivity contribution in [3.8, 4) is 11.1 Å². The smallest absolute Gasteiger partial charge is 0.354 e. The quantitative estimate of drug-likeness (QED) is 0.544. The number of carbonyl (C=O) groups excluding carboxylic acids is 1. The molecule has 0 fully saturated rings. The molecule has 2 aromatic rings. The molecule has 1 aromatic heterocycles. The summed E-state index contributed by atoms with van der Waals surface area (Å²) < 4.78 is 23.3. The molecule has 0 radical (unpaired) electrons. The zero-order valence-electron chi connectivity index (χ0n) is 12.5. The van der Waals surface area contributed by atoms with E-state index < -0.39 is 40.3 Å². The van der Waals surface area contributed by atoms with E-state index in [1.54, 1.807) is 0 Å². The third kappa shape index (κ3) is 4.02. The summed E-state index contributed by atoms with van der Waals surface area (Å²) in [5.74, 6) is -3.30. The molecule has 1 amide bonds. The molecule has 1 heterocycles. The van der Waals surface area contributed by atoms with Crippen LogP contribution in [0.4, 0.5) is 0 Å². The molecular weight excluding hydrogens is 354 g/mol. The molecule has 0 saturated heterocycles. The van der Waals surface area contributed by atoms with Gasteiger partial charge < -0.3 is 15.5 Å². The molecular formula is C14H13N3O7S. The van der Waals surface area contributed by atoms with Gasteiger partial charge in [0.25, 0.3) is 5.91 Å². The molecule has 0 atom stereocenters. The summed E-state index contributed by atoms with van der Waals surface area (Å²) in [6, 6.07) is 6.79. The van der Waals surface area contributed by atoms with Crippen molar-refractivity contribution < 1.29 is 33.0 Å². The van der Waals surface area contributed by atoms with Crippen molar-refractivity contribution in [1.29, 1.82) is 0 Å². The summed E-state index contributed by atoms with van der Waals surface area (Å²) in [6.07, 6.45) is 1.02. The number of aromatic nitrogens is 1. The van der Waals surface area contributed by atoms with E-state index in [-0.39, 0.29) is 11.1 Å². The highest BCUT2D eigenvalue weighted by atomic mass is 32.2. The zero-order valence-corrected chi connectivity index (χ0v) is 13.4. The molecule has 0 bridgehead atoms. The van der Waals surface area contributed by atoms with E-state index in [9.17, 15) is 27.9 Å². The number of aliphatic carboxylic acids is 1. The van der Waals surface area contributed by atoms with Crippen LogP contribution in [0.1, 0.15) is 20.8 Å². The molecule has 11 heteroatoms. The maximum Gasteiger partial charge on any atom is 0.354 e. The number of rotatable bonds is 6. The van der Waals surface area contributed by atoms with Crippen molar-refractivity contribution in [1.82, 2.24) is 9.29 Å². The molecule has 132 valence electrons. The van der Waals surface area contributed by atoms with Gasteiger partial charge in [-0.25, -0.2) is 13.9 Å². The Morgan fingerprint density at radius 2 is 1.68 bits per heavy atom. The van der Waals surface area contributed by atoms with E-state index in [4.69, 9.17) is 10.2 Å². The third-order valence-corrected chi connectivity index (χ3v) is 4.04. The molecule has 0 aliphatic heterocycles. The summed E-state index contributed by atoms with van der Waals surface area (Å²) in [5, 5.41) is 24.9. The molecule has 25 heavy (non-hydrogen) atoms. The summed E-state index contributed by atoms with van der Waals surface area (Å²) >= 11 is 0. The molecule has 1 aromatic carbocycles. The second-order valence-corrected chi connectivity index (χ2v) is 6.30. The van der Waals surface area contributed by atoms with Gasteiger partial charge in [-0.1, -0.05) is 12.1 Å². The van der Waals surface area contributed by atoms with Crippen LogP contribution in [-0.4, -0.2) is 47.0 Å². The Morgan fingerprint density at radius 3 is 2.16 bits per heavy atom. The Bertz CT molecular complexity index is 945. The number of hydrogen-bond acceptors (Lipinski definition) is 5. The van der Waals surface area contributed by atoms with Crippen molar-refractivity contribution in [2.24, 2.45) is 5.14 Å². The van der Waals surface area contributed by atoms with Crippen molar-refractivity contribution in [3.05, 3.63) is 47.8 Å². The Kier molecular flexibility index (Phi) is 4.90. The molecule has 5 N–H and O–H groups in total. The predicted molar refractivity (Wildman–Crippen MR) is 85.3 cm³/mol. The first-order valence-electron chi connectivity index (χ1n) is 6.69. The van der Waals surface area contributed by atoms with Crippen LogP contribution in [0.5, 0.6) is 0 Å². The Hall–Kier alpha value is -3.18. The van der Waals surface area contributed by atoms with E-state index >= 15 is 0 Å². The highest BCUT2D eigenvalue weighted by Gasteiger charge is 2.22.